The Kier molecular flexibility index (Phi) is 3.98. The largest absolute Gasteiger partial charge is 0.481 e. The predicted molar refractivity (Wildman–Crippen MR) is 55.2 cm³/mol. The Bertz CT molecular complexity index is 285. The van der Waals surface area contributed by atoms with Crippen LogP contribution in [0.3, 0.4) is 0 Å². The van der Waals surface area contributed by atoms with E-state index in [9.17, 15) is 4.79 Å². The second-order valence-electron chi connectivity index (χ2n) is 2.97. The molecule has 3 heteroatoms. The number of benzene rings is 1. The first-order valence-corrected chi connectivity index (χ1v) is 4.73. The molecule has 3 nitrogen and oxygen atoms in total. The molecule has 0 saturated heterocycles. The lowest BCUT2D eigenvalue weighted by Gasteiger charge is -2.13. The minimum absolute atomic E-state index is 0.0867. The molecule has 0 aliphatic carbocycles. The highest BCUT2D eigenvalue weighted by Gasteiger charge is 2.12. The van der Waals surface area contributed by atoms with Gasteiger partial charge >= 0.3 is 0 Å². The molecular formula is C11H15NO2. The van der Waals surface area contributed by atoms with Crippen molar-refractivity contribution in [2.45, 2.75) is 20.0 Å². The van der Waals surface area contributed by atoms with Crippen molar-refractivity contribution in [1.29, 1.82) is 0 Å². The third-order valence-electron chi connectivity index (χ3n) is 1.78. The third kappa shape index (κ3) is 3.09. The lowest BCUT2D eigenvalue weighted by atomic mass is 10.3. The molecule has 0 aliphatic rings. The summed E-state index contributed by atoms with van der Waals surface area (Å²) < 4.78 is 5.42. The summed E-state index contributed by atoms with van der Waals surface area (Å²) in [6.07, 6.45) is -0.447. The summed E-state index contributed by atoms with van der Waals surface area (Å²) in [5, 5.41) is 2.70. The third-order valence-corrected chi connectivity index (χ3v) is 1.78. The van der Waals surface area contributed by atoms with Crippen molar-refractivity contribution in [1.82, 2.24) is 5.32 Å². The fourth-order valence-corrected chi connectivity index (χ4v) is 1.07. The van der Waals surface area contributed by atoms with E-state index < -0.39 is 6.10 Å². The molecule has 1 aromatic carbocycles. The molecule has 0 saturated carbocycles. The van der Waals surface area contributed by atoms with Crippen molar-refractivity contribution >= 4 is 5.91 Å². The van der Waals surface area contributed by atoms with Crippen LogP contribution in [-0.4, -0.2) is 18.6 Å². The molecule has 0 radical (unpaired) electrons. The van der Waals surface area contributed by atoms with Gasteiger partial charge in [0.1, 0.15) is 5.75 Å². The molecule has 0 aromatic heterocycles. The average Bonchev–Trinajstić information content (AvgIpc) is 2.19. The zero-order chi connectivity index (χ0) is 10.4. The number of likely N-dealkylation sites (N-methyl/N-ethyl adjacent to an activating group) is 1. The molecule has 1 N–H and O–H groups in total. The minimum Gasteiger partial charge on any atom is -0.481 e. The van der Waals surface area contributed by atoms with Crippen molar-refractivity contribution in [2.75, 3.05) is 6.54 Å². The Balaban J connectivity index is 2.49. The molecule has 1 aromatic rings. The van der Waals surface area contributed by atoms with Crippen molar-refractivity contribution < 1.29 is 9.53 Å². The molecule has 0 fully saturated rings. The molecule has 14 heavy (non-hydrogen) atoms. The molecule has 0 heterocycles. The van der Waals surface area contributed by atoms with E-state index in [4.69, 9.17) is 4.74 Å². The average molecular weight is 193 g/mol. The Morgan fingerprint density at radius 1 is 1.43 bits per heavy atom. The summed E-state index contributed by atoms with van der Waals surface area (Å²) in [7, 11) is 0. The van der Waals surface area contributed by atoms with Crippen LogP contribution in [0.2, 0.25) is 0 Å². The van der Waals surface area contributed by atoms with Gasteiger partial charge in [-0.1, -0.05) is 18.2 Å². The number of nitrogens with one attached hydrogen (secondary N) is 1. The van der Waals surface area contributed by atoms with Gasteiger partial charge in [0.25, 0.3) is 5.91 Å². The topological polar surface area (TPSA) is 38.3 Å². The van der Waals surface area contributed by atoms with E-state index in [1.54, 1.807) is 6.92 Å². The van der Waals surface area contributed by atoms with Gasteiger partial charge in [0.2, 0.25) is 0 Å². The number of hydrogen-bond donors (Lipinski definition) is 1. The molecule has 76 valence electrons. The van der Waals surface area contributed by atoms with Gasteiger partial charge in [-0.15, -0.1) is 0 Å². The lowest BCUT2D eigenvalue weighted by molar-refractivity contribution is -0.127. The Labute approximate surface area is 84.1 Å². The van der Waals surface area contributed by atoms with E-state index in [1.807, 2.05) is 37.3 Å². The van der Waals surface area contributed by atoms with Gasteiger partial charge in [-0.05, 0) is 26.0 Å². The molecular weight excluding hydrogens is 178 g/mol. The molecule has 0 spiro atoms. The zero-order valence-electron chi connectivity index (χ0n) is 8.49. The number of carbonyl (C=O) groups excluding carboxylic acids is 1. The highest BCUT2D eigenvalue weighted by molar-refractivity contribution is 5.80. The standard InChI is InChI=1S/C11H15NO2/c1-3-12-11(13)9(2)14-10-7-5-4-6-8-10/h4-9H,3H2,1-2H3,(H,12,13)/t9-/m1/s1. The molecule has 1 amide bonds. The van der Waals surface area contributed by atoms with Crippen LogP contribution in [0.5, 0.6) is 5.75 Å². The highest BCUT2D eigenvalue weighted by Crippen LogP contribution is 2.10. The van der Waals surface area contributed by atoms with E-state index in [-0.39, 0.29) is 5.91 Å². The fourth-order valence-electron chi connectivity index (χ4n) is 1.07. The summed E-state index contributed by atoms with van der Waals surface area (Å²) in [6, 6.07) is 9.31. The van der Waals surface area contributed by atoms with Gasteiger partial charge < -0.3 is 10.1 Å². The van der Waals surface area contributed by atoms with Crippen LogP contribution in [0, 0.1) is 0 Å². The van der Waals surface area contributed by atoms with Gasteiger partial charge in [0.05, 0.1) is 0 Å². The van der Waals surface area contributed by atoms with Gasteiger partial charge in [-0.2, -0.15) is 0 Å². The van der Waals surface area contributed by atoms with E-state index in [0.717, 1.165) is 0 Å². The normalized spacial score (nSPS) is 11.9. The van der Waals surface area contributed by atoms with Gasteiger partial charge in [-0.3, -0.25) is 4.79 Å². The quantitative estimate of drug-likeness (QED) is 0.788. The summed E-state index contributed by atoms with van der Waals surface area (Å²) in [5.74, 6) is 0.627. The number of para-hydroxylation sites is 1. The van der Waals surface area contributed by atoms with Crippen molar-refractivity contribution in [3.05, 3.63) is 30.3 Å². The van der Waals surface area contributed by atoms with Crippen LogP contribution in [-0.2, 0) is 4.79 Å². The van der Waals surface area contributed by atoms with E-state index in [2.05, 4.69) is 5.32 Å². The zero-order valence-corrected chi connectivity index (χ0v) is 8.49. The molecule has 1 atom stereocenters. The van der Waals surface area contributed by atoms with E-state index >= 15 is 0 Å². The van der Waals surface area contributed by atoms with Crippen LogP contribution >= 0.6 is 0 Å². The number of rotatable bonds is 4. The van der Waals surface area contributed by atoms with Crippen LogP contribution in [0.15, 0.2) is 30.3 Å². The maximum atomic E-state index is 11.3. The van der Waals surface area contributed by atoms with Gasteiger partial charge in [0, 0.05) is 6.54 Å². The minimum atomic E-state index is -0.447. The second kappa shape index (κ2) is 5.27. The summed E-state index contributed by atoms with van der Waals surface area (Å²) in [4.78, 5) is 11.3. The Morgan fingerprint density at radius 2 is 2.07 bits per heavy atom. The molecule has 1 rings (SSSR count). The van der Waals surface area contributed by atoms with Crippen molar-refractivity contribution in [3.63, 3.8) is 0 Å². The first-order valence-electron chi connectivity index (χ1n) is 4.73. The smallest absolute Gasteiger partial charge is 0.260 e. The molecule has 0 bridgehead atoms. The Morgan fingerprint density at radius 3 is 2.64 bits per heavy atom. The van der Waals surface area contributed by atoms with Crippen molar-refractivity contribution in [2.24, 2.45) is 0 Å². The summed E-state index contributed by atoms with van der Waals surface area (Å²) in [5.41, 5.74) is 0. The van der Waals surface area contributed by atoms with E-state index in [1.165, 1.54) is 0 Å². The van der Waals surface area contributed by atoms with Crippen LogP contribution in [0.1, 0.15) is 13.8 Å². The highest BCUT2D eigenvalue weighted by atomic mass is 16.5. The first-order chi connectivity index (χ1) is 6.74. The van der Waals surface area contributed by atoms with Crippen LogP contribution < -0.4 is 10.1 Å². The number of carbonyl (C=O) groups is 1. The maximum Gasteiger partial charge on any atom is 0.260 e. The Hall–Kier alpha value is -1.51. The van der Waals surface area contributed by atoms with Crippen molar-refractivity contribution in [3.8, 4) is 5.75 Å². The summed E-state index contributed by atoms with van der Waals surface area (Å²) >= 11 is 0. The monoisotopic (exact) mass is 193 g/mol. The van der Waals surface area contributed by atoms with E-state index in [0.29, 0.717) is 12.3 Å². The number of amides is 1. The van der Waals surface area contributed by atoms with Crippen LogP contribution in [0.4, 0.5) is 0 Å². The van der Waals surface area contributed by atoms with Crippen LogP contribution in [0.25, 0.3) is 0 Å². The summed E-state index contributed by atoms with van der Waals surface area (Å²) in [6.45, 7) is 4.24. The van der Waals surface area contributed by atoms with Gasteiger partial charge in [0.15, 0.2) is 6.10 Å². The number of ether oxygens (including phenoxy) is 1. The number of hydrogen-bond acceptors (Lipinski definition) is 2. The lowest BCUT2D eigenvalue weighted by Crippen LogP contribution is -2.36. The molecule has 0 unspecified atom stereocenters. The van der Waals surface area contributed by atoms with Gasteiger partial charge in [-0.25, -0.2) is 0 Å². The SMILES string of the molecule is CCNC(=O)[C@@H](C)Oc1ccccc1. The molecule has 0 aliphatic heterocycles. The first kappa shape index (κ1) is 10.6. The predicted octanol–water partition coefficient (Wildman–Crippen LogP) is 1.59. The fraction of sp³-hybridized carbons (Fsp3) is 0.364. The maximum absolute atomic E-state index is 11.3. The second-order valence-corrected chi connectivity index (χ2v) is 2.97.